The molecule has 0 aliphatic rings. The average Bonchev–Trinajstić information content (AvgIpc) is 1.21. The van der Waals surface area contributed by atoms with Crippen molar-refractivity contribution in [1.82, 2.24) is 0 Å². The smallest absolute Gasteiger partial charge is 0.462 e. The van der Waals surface area contributed by atoms with E-state index in [0.29, 0.717) is 31.6 Å². The van der Waals surface area contributed by atoms with Crippen LogP contribution in [0.2, 0.25) is 0 Å². The molecule has 0 fully saturated rings. The molecule has 0 spiro atoms. The number of ether oxygens (including phenoxy) is 4. The van der Waals surface area contributed by atoms with Crippen LogP contribution in [0.4, 0.5) is 0 Å². The molecule has 17 nitrogen and oxygen atoms in total. The zero-order valence-electron chi connectivity index (χ0n) is 64.4. The van der Waals surface area contributed by atoms with Crippen LogP contribution in [0.5, 0.6) is 0 Å². The lowest BCUT2D eigenvalue weighted by molar-refractivity contribution is -0.161. The van der Waals surface area contributed by atoms with Crippen LogP contribution in [-0.2, 0) is 65.4 Å². The maximum atomic E-state index is 13.1. The van der Waals surface area contributed by atoms with Crippen LogP contribution in [0.3, 0.4) is 0 Å². The van der Waals surface area contributed by atoms with Crippen LogP contribution in [0.1, 0.15) is 402 Å². The normalized spacial score (nSPS) is 14.6. The fraction of sp³-hybridized carbons (Fsp3) is 0.949. The molecule has 582 valence electrons. The molecule has 19 heteroatoms. The minimum absolute atomic E-state index is 0.105. The summed E-state index contributed by atoms with van der Waals surface area (Å²) >= 11 is 0. The highest BCUT2D eigenvalue weighted by molar-refractivity contribution is 7.47. The Bertz CT molecular complexity index is 1920. The third kappa shape index (κ3) is 69.8. The van der Waals surface area contributed by atoms with Gasteiger partial charge in [0.25, 0.3) is 0 Å². The predicted molar refractivity (Wildman–Crippen MR) is 400 cm³/mol. The van der Waals surface area contributed by atoms with Crippen molar-refractivity contribution in [3.8, 4) is 0 Å². The fourth-order valence-electron chi connectivity index (χ4n) is 12.0. The number of carbonyl (C=O) groups excluding carboxylic acids is 4. The van der Waals surface area contributed by atoms with Crippen molar-refractivity contribution < 1.29 is 80.2 Å². The topological polar surface area (TPSA) is 237 Å². The monoisotopic (exact) mass is 1440 g/mol. The van der Waals surface area contributed by atoms with Crippen molar-refractivity contribution >= 4 is 39.5 Å². The van der Waals surface area contributed by atoms with Crippen molar-refractivity contribution in [3.05, 3.63) is 0 Å². The van der Waals surface area contributed by atoms with Crippen LogP contribution in [-0.4, -0.2) is 96.7 Å². The molecule has 0 aliphatic carbocycles. The summed E-state index contributed by atoms with van der Waals surface area (Å²) in [5.74, 6) is 0.992. The fourth-order valence-corrected chi connectivity index (χ4v) is 13.6. The zero-order chi connectivity index (χ0) is 72.4. The standard InChI is InChI=1S/C79H154O17P2/c1-9-71(7)57-49-41-32-26-19-17-15-13-11-12-14-16-18-20-29-35-45-53-61-78(83)95-74(65-89-76(81)59-51-43-34-28-24-22-27-33-42-50-58-72(8)10-2)67-93-97(85,86)91-63-73(80)64-92-98(87,88)94-68-75(66-90-77(82)60-52-44-38-37-40-48-56-70(5)6)96-79(84)62-54-46-36-30-23-21-25-31-39-47-55-69(3)4/h69-75,80H,9-68H2,1-8H3,(H,85,86)(H,87,88)/t71?,72?,73-,74-,75-/m1/s1. The van der Waals surface area contributed by atoms with Gasteiger partial charge >= 0.3 is 39.5 Å². The maximum Gasteiger partial charge on any atom is 0.472 e. The molecule has 7 atom stereocenters. The van der Waals surface area contributed by atoms with Gasteiger partial charge in [0.15, 0.2) is 12.2 Å². The van der Waals surface area contributed by atoms with Gasteiger partial charge in [-0.15, -0.1) is 0 Å². The Kier molecular flexibility index (Phi) is 66.8. The molecule has 0 bridgehead atoms. The van der Waals surface area contributed by atoms with Crippen molar-refractivity contribution in [1.29, 1.82) is 0 Å². The molecule has 0 amide bonds. The van der Waals surface area contributed by atoms with Crippen LogP contribution >= 0.6 is 15.6 Å². The Labute approximate surface area is 600 Å². The van der Waals surface area contributed by atoms with E-state index < -0.39 is 97.5 Å². The summed E-state index contributed by atoms with van der Waals surface area (Å²) in [7, 11) is -9.92. The van der Waals surface area contributed by atoms with Gasteiger partial charge in [-0.2, -0.15) is 0 Å². The van der Waals surface area contributed by atoms with Gasteiger partial charge in [-0.3, -0.25) is 37.3 Å². The number of unbranched alkanes of at least 4 members (excludes halogenated alkanes) is 40. The van der Waals surface area contributed by atoms with E-state index in [1.54, 1.807) is 0 Å². The molecule has 0 aromatic heterocycles. The highest BCUT2D eigenvalue weighted by atomic mass is 31.2. The minimum atomic E-state index is -4.96. The van der Waals surface area contributed by atoms with Crippen molar-refractivity contribution in [2.24, 2.45) is 23.7 Å². The number of aliphatic hydroxyl groups excluding tert-OH is 1. The third-order valence-corrected chi connectivity index (χ3v) is 20.9. The van der Waals surface area contributed by atoms with E-state index in [2.05, 4.69) is 55.4 Å². The van der Waals surface area contributed by atoms with Gasteiger partial charge in [0.05, 0.1) is 26.4 Å². The summed E-state index contributed by atoms with van der Waals surface area (Å²) in [5.41, 5.74) is 0. The molecule has 0 heterocycles. The summed E-state index contributed by atoms with van der Waals surface area (Å²) in [6.07, 6.45) is 54.3. The molecule has 0 aromatic carbocycles. The van der Waals surface area contributed by atoms with Crippen LogP contribution in [0.25, 0.3) is 0 Å². The molecule has 98 heavy (non-hydrogen) atoms. The zero-order valence-corrected chi connectivity index (χ0v) is 66.2. The minimum Gasteiger partial charge on any atom is -0.462 e. The summed E-state index contributed by atoms with van der Waals surface area (Å²) in [4.78, 5) is 72.9. The number of hydrogen-bond donors (Lipinski definition) is 3. The number of phosphoric acid groups is 2. The van der Waals surface area contributed by atoms with E-state index in [0.717, 1.165) is 114 Å². The van der Waals surface area contributed by atoms with Gasteiger partial charge in [0.1, 0.15) is 19.3 Å². The second kappa shape index (κ2) is 68.2. The summed E-state index contributed by atoms with van der Waals surface area (Å²) < 4.78 is 68.6. The lowest BCUT2D eigenvalue weighted by Gasteiger charge is -2.21. The molecule has 0 saturated carbocycles. The van der Waals surface area contributed by atoms with Crippen LogP contribution < -0.4 is 0 Å². The Morgan fingerprint density at radius 2 is 0.490 bits per heavy atom. The van der Waals surface area contributed by atoms with E-state index >= 15 is 0 Å². The maximum absolute atomic E-state index is 13.1. The van der Waals surface area contributed by atoms with E-state index in [4.69, 9.17) is 37.0 Å². The lowest BCUT2D eigenvalue weighted by atomic mass is 9.99. The first-order chi connectivity index (χ1) is 47.2. The molecular formula is C79H154O17P2. The van der Waals surface area contributed by atoms with E-state index in [1.165, 1.54) is 199 Å². The van der Waals surface area contributed by atoms with Gasteiger partial charge in [-0.25, -0.2) is 9.13 Å². The quantitative estimate of drug-likeness (QED) is 0.0222. The molecule has 4 unspecified atom stereocenters. The summed E-state index contributed by atoms with van der Waals surface area (Å²) in [5, 5.41) is 10.6. The Morgan fingerprint density at radius 1 is 0.286 bits per heavy atom. The average molecular weight is 1440 g/mol. The van der Waals surface area contributed by atoms with Crippen molar-refractivity contribution in [2.75, 3.05) is 39.6 Å². The molecule has 0 rings (SSSR count). The van der Waals surface area contributed by atoms with Crippen LogP contribution in [0.15, 0.2) is 0 Å². The Balaban J connectivity index is 5.20. The number of hydrogen-bond acceptors (Lipinski definition) is 15. The van der Waals surface area contributed by atoms with Gasteiger partial charge in [0.2, 0.25) is 0 Å². The molecular weight excluding hydrogens is 1280 g/mol. The van der Waals surface area contributed by atoms with Gasteiger partial charge in [-0.05, 0) is 49.4 Å². The first kappa shape index (κ1) is 96.1. The molecule has 0 aliphatic heterocycles. The second-order valence-corrected chi connectivity index (χ2v) is 32.8. The summed E-state index contributed by atoms with van der Waals surface area (Å²) in [6.45, 7) is 14.2. The second-order valence-electron chi connectivity index (χ2n) is 29.9. The molecule has 3 N–H and O–H groups in total. The number of carbonyl (C=O) groups is 4. The lowest BCUT2D eigenvalue weighted by Crippen LogP contribution is -2.30. The number of aliphatic hydroxyl groups is 1. The largest absolute Gasteiger partial charge is 0.472 e. The summed E-state index contributed by atoms with van der Waals surface area (Å²) in [6, 6.07) is 0. The number of phosphoric ester groups is 2. The van der Waals surface area contributed by atoms with Crippen molar-refractivity contribution in [3.63, 3.8) is 0 Å². The number of rotatable bonds is 76. The van der Waals surface area contributed by atoms with Gasteiger partial charge in [0, 0.05) is 25.7 Å². The van der Waals surface area contributed by atoms with E-state index in [1.807, 2.05) is 0 Å². The third-order valence-electron chi connectivity index (χ3n) is 19.0. The highest BCUT2D eigenvalue weighted by Gasteiger charge is 2.30. The van der Waals surface area contributed by atoms with Gasteiger partial charge < -0.3 is 33.8 Å². The number of esters is 4. The van der Waals surface area contributed by atoms with E-state index in [-0.39, 0.29) is 25.7 Å². The SMILES string of the molecule is CCC(C)CCCCCCCCCCCCCCCCCCCCC(=O)O[C@H](COC(=O)CCCCCCCCCCCCC(C)CC)COP(=O)(O)OC[C@@H](O)COP(=O)(O)OC[C@@H](COC(=O)CCCCCCCCC(C)C)OC(=O)CCCCCCCCCCCCC(C)C. The molecule has 0 radical (unpaired) electrons. The van der Waals surface area contributed by atoms with Gasteiger partial charge in [-0.1, -0.05) is 351 Å². The Morgan fingerprint density at radius 3 is 0.724 bits per heavy atom. The Hall–Kier alpha value is -1.94. The first-order valence-corrected chi connectivity index (χ1v) is 43.8. The molecule has 0 saturated heterocycles. The first-order valence-electron chi connectivity index (χ1n) is 40.8. The van der Waals surface area contributed by atoms with Crippen molar-refractivity contribution in [2.45, 2.75) is 420 Å². The molecule has 0 aromatic rings. The predicted octanol–water partition coefficient (Wildman–Crippen LogP) is 23.2. The van der Waals surface area contributed by atoms with E-state index in [9.17, 15) is 43.2 Å². The van der Waals surface area contributed by atoms with Crippen LogP contribution in [0, 0.1) is 23.7 Å². The highest BCUT2D eigenvalue weighted by Crippen LogP contribution is 2.45.